The van der Waals surface area contributed by atoms with E-state index in [-0.39, 0.29) is 0 Å². The van der Waals surface area contributed by atoms with Crippen LogP contribution in [-0.2, 0) is 0 Å². The van der Waals surface area contributed by atoms with Crippen molar-refractivity contribution in [3.05, 3.63) is 24.3 Å². The fourth-order valence-corrected chi connectivity index (χ4v) is 1.27. The summed E-state index contributed by atoms with van der Waals surface area (Å²) in [4.78, 5) is 0. The molecule has 1 aromatic rings. The molecule has 1 aliphatic heterocycles. The number of nitrogens with one attached hydrogen (secondary N) is 1. The Morgan fingerprint density at radius 1 is 1.30 bits per heavy atom. The van der Waals surface area contributed by atoms with Crippen LogP contribution in [0, 0.1) is 0 Å². The SMILES string of the molecule is [B]1CCNc2ccccc21. The molecule has 0 spiro atoms. The molecule has 2 rings (SSSR count). The van der Waals surface area contributed by atoms with E-state index in [0.717, 1.165) is 12.9 Å². The molecule has 0 aliphatic carbocycles. The lowest BCUT2D eigenvalue weighted by molar-refractivity contribution is 1.18. The van der Waals surface area contributed by atoms with Gasteiger partial charge in [-0.25, -0.2) is 0 Å². The van der Waals surface area contributed by atoms with Crippen LogP contribution in [0.2, 0.25) is 6.32 Å². The number of para-hydroxylation sites is 1. The Balaban J connectivity index is 2.41. The predicted molar refractivity (Wildman–Crippen MR) is 45.1 cm³/mol. The highest BCUT2D eigenvalue weighted by atomic mass is 14.9. The number of fused-ring (bicyclic) bond motifs is 1. The van der Waals surface area contributed by atoms with Crippen LogP contribution in [0.1, 0.15) is 0 Å². The first-order chi connectivity index (χ1) is 4.97. The highest BCUT2D eigenvalue weighted by Crippen LogP contribution is 2.06. The molecule has 2 heteroatoms. The summed E-state index contributed by atoms with van der Waals surface area (Å²) < 4.78 is 0. The van der Waals surface area contributed by atoms with Crippen LogP contribution in [0.3, 0.4) is 0 Å². The molecule has 0 atom stereocenters. The molecule has 1 radical (unpaired) electrons. The van der Waals surface area contributed by atoms with E-state index >= 15 is 0 Å². The van der Waals surface area contributed by atoms with Crippen LogP contribution in [0.25, 0.3) is 0 Å². The van der Waals surface area contributed by atoms with E-state index in [2.05, 4.69) is 36.9 Å². The van der Waals surface area contributed by atoms with E-state index in [1.165, 1.54) is 11.2 Å². The molecular weight excluding hydrogens is 121 g/mol. The molecule has 1 heterocycles. The molecule has 0 saturated carbocycles. The van der Waals surface area contributed by atoms with Gasteiger partial charge in [-0.05, 0) is 6.07 Å². The van der Waals surface area contributed by atoms with Crippen molar-refractivity contribution >= 4 is 18.4 Å². The zero-order valence-corrected chi connectivity index (χ0v) is 5.80. The van der Waals surface area contributed by atoms with Gasteiger partial charge in [0.15, 0.2) is 7.28 Å². The van der Waals surface area contributed by atoms with Gasteiger partial charge >= 0.3 is 0 Å². The summed E-state index contributed by atoms with van der Waals surface area (Å²) in [5.74, 6) is 0. The summed E-state index contributed by atoms with van der Waals surface area (Å²) in [6, 6.07) is 8.39. The van der Waals surface area contributed by atoms with Gasteiger partial charge in [0.05, 0.1) is 0 Å². The van der Waals surface area contributed by atoms with Crippen LogP contribution in [-0.4, -0.2) is 13.8 Å². The van der Waals surface area contributed by atoms with E-state index in [9.17, 15) is 0 Å². The molecule has 1 nitrogen and oxygen atoms in total. The summed E-state index contributed by atoms with van der Waals surface area (Å²) in [7, 11) is 2.27. The number of hydrogen-bond donors (Lipinski definition) is 1. The molecule has 1 aromatic carbocycles. The summed E-state index contributed by atoms with van der Waals surface area (Å²) in [5, 5.41) is 3.33. The summed E-state index contributed by atoms with van der Waals surface area (Å²) in [5.41, 5.74) is 2.61. The van der Waals surface area contributed by atoms with E-state index in [4.69, 9.17) is 0 Å². The number of anilines is 1. The lowest BCUT2D eigenvalue weighted by Gasteiger charge is -2.15. The van der Waals surface area contributed by atoms with E-state index in [1.54, 1.807) is 0 Å². The minimum Gasteiger partial charge on any atom is -0.386 e. The molecule has 49 valence electrons. The lowest BCUT2D eigenvalue weighted by atomic mass is 9.65. The summed E-state index contributed by atoms with van der Waals surface area (Å²) in [6.07, 6.45) is 1.15. The maximum Gasteiger partial charge on any atom is 0.156 e. The van der Waals surface area contributed by atoms with Crippen molar-refractivity contribution in [1.82, 2.24) is 0 Å². The van der Waals surface area contributed by atoms with E-state index in [0.29, 0.717) is 0 Å². The Morgan fingerprint density at radius 2 is 2.20 bits per heavy atom. The third-order valence-electron chi connectivity index (χ3n) is 1.78. The Morgan fingerprint density at radius 3 is 3.10 bits per heavy atom. The Hall–Kier alpha value is -0.915. The van der Waals surface area contributed by atoms with Crippen molar-refractivity contribution in [2.45, 2.75) is 6.32 Å². The number of hydrogen-bond acceptors (Lipinski definition) is 1. The molecular formula is C8H9BN. The average molecular weight is 130 g/mol. The first-order valence-electron chi connectivity index (χ1n) is 3.63. The normalized spacial score (nSPS) is 14.8. The second kappa shape index (κ2) is 2.37. The fourth-order valence-electron chi connectivity index (χ4n) is 1.27. The Bertz CT molecular complexity index is 209. The topological polar surface area (TPSA) is 12.0 Å². The number of benzene rings is 1. The minimum absolute atomic E-state index is 1.08. The van der Waals surface area contributed by atoms with Crippen LogP contribution >= 0.6 is 0 Å². The monoisotopic (exact) mass is 130 g/mol. The Labute approximate surface area is 61.7 Å². The largest absolute Gasteiger partial charge is 0.386 e. The van der Waals surface area contributed by atoms with Crippen molar-refractivity contribution in [3.8, 4) is 0 Å². The van der Waals surface area contributed by atoms with Gasteiger partial charge in [0.25, 0.3) is 0 Å². The van der Waals surface area contributed by atoms with Crippen molar-refractivity contribution in [3.63, 3.8) is 0 Å². The van der Waals surface area contributed by atoms with Gasteiger partial charge < -0.3 is 5.32 Å². The highest BCUT2D eigenvalue weighted by Gasteiger charge is 2.06. The molecule has 0 unspecified atom stereocenters. The summed E-state index contributed by atoms with van der Waals surface area (Å²) >= 11 is 0. The van der Waals surface area contributed by atoms with Gasteiger partial charge in [-0.1, -0.05) is 30.0 Å². The van der Waals surface area contributed by atoms with Gasteiger partial charge in [0.2, 0.25) is 0 Å². The molecule has 1 N–H and O–H groups in total. The standard InChI is InChI=1S/C8H9BN/c1-2-4-8-7(3-1)9-5-6-10-8/h1-4,10H,5-6H2. The second-order valence-corrected chi connectivity index (χ2v) is 2.51. The van der Waals surface area contributed by atoms with Crippen molar-refractivity contribution in [2.75, 3.05) is 11.9 Å². The fraction of sp³-hybridized carbons (Fsp3) is 0.250. The zero-order valence-electron chi connectivity index (χ0n) is 5.80. The van der Waals surface area contributed by atoms with E-state index in [1.807, 2.05) is 0 Å². The molecule has 0 aromatic heterocycles. The third-order valence-corrected chi connectivity index (χ3v) is 1.78. The van der Waals surface area contributed by atoms with Crippen LogP contribution < -0.4 is 10.8 Å². The average Bonchev–Trinajstić information content (AvgIpc) is 2.05. The van der Waals surface area contributed by atoms with Crippen LogP contribution in [0.5, 0.6) is 0 Å². The molecule has 0 saturated heterocycles. The highest BCUT2D eigenvalue weighted by molar-refractivity contribution is 6.56. The molecule has 0 fully saturated rings. The zero-order chi connectivity index (χ0) is 6.81. The van der Waals surface area contributed by atoms with Gasteiger partial charge in [-0.15, -0.1) is 0 Å². The molecule has 0 amide bonds. The van der Waals surface area contributed by atoms with Crippen LogP contribution in [0.4, 0.5) is 5.69 Å². The van der Waals surface area contributed by atoms with Crippen molar-refractivity contribution in [1.29, 1.82) is 0 Å². The van der Waals surface area contributed by atoms with Crippen LogP contribution in [0.15, 0.2) is 24.3 Å². The maximum absolute atomic E-state index is 3.33. The first-order valence-corrected chi connectivity index (χ1v) is 3.63. The molecule has 10 heavy (non-hydrogen) atoms. The second-order valence-electron chi connectivity index (χ2n) is 2.51. The summed E-state index contributed by atoms with van der Waals surface area (Å²) in [6.45, 7) is 1.08. The quantitative estimate of drug-likeness (QED) is 0.513. The maximum atomic E-state index is 3.33. The van der Waals surface area contributed by atoms with Gasteiger partial charge in [0.1, 0.15) is 0 Å². The van der Waals surface area contributed by atoms with E-state index < -0.39 is 0 Å². The smallest absolute Gasteiger partial charge is 0.156 e. The predicted octanol–water partition coefficient (Wildman–Crippen LogP) is 0.860. The number of rotatable bonds is 0. The minimum atomic E-state index is 1.08. The van der Waals surface area contributed by atoms with Gasteiger partial charge in [-0.2, -0.15) is 0 Å². The van der Waals surface area contributed by atoms with Crippen molar-refractivity contribution in [2.24, 2.45) is 0 Å². The molecule has 1 aliphatic rings. The third kappa shape index (κ3) is 0.899. The lowest BCUT2D eigenvalue weighted by Crippen LogP contribution is -2.26. The van der Waals surface area contributed by atoms with Crippen molar-refractivity contribution < 1.29 is 0 Å². The Kier molecular flexibility index (Phi) is 1.38. The van der Waals surface area contributed by atoms with Gasteiger partial charge in [-0.3, -0.25) is 0 Å². The first kappa shape index (κ1) is 5.84. The van der Waals surface area contributed by atoms with Gasteiger partial charge in [0, 0.05) is 12.2 Å². The molecule has 0 bridgehead atoms.